The Morgan fingerprint density at radius 1 is 1.37 bits per heavy atom. The number of fused-ring (bicyclic) bond motifs is 1. The number of nitrogen functional groups attached to an aromatic ring is 1. The average Bonchev–Trinajstić information content (AvgIpc) is 2.77. The third-order valence-corrected chi connectivity index (χ3v) is 3.83. The molecule has 3 N–H and O–H groups in total. The van der Waals surface area contributed by atoms with Crippen LogP contribution in [0.5, 0.6) is 0 Å². The standard InChI is InChI=1S/C14H19N3OS/c1-2-3-4-5-8-16-13(18)10-6-7-11-12(9-10)19-14(15)17-11/h6-7,9H,2-5,8H2,1H3,(H2,15,17)(H,16,18). The minimum absolute atomic E-state index is 0.0228. The summed E-state index contributed by atoms with van der Waals surface area (Å²) in [6, 6.07) is 5.49. The minimum Gasteiger partial charge on any atom is -0.375 e. The Balaban J connectivity index is 1.93. The van der Waals surface area contributed by atoms with E-state index >= 15 is 0 Å². The molecule has 0 spiro atoms. The molecule has 1 heterocycles. The average molecular weight is 277 g/mol. The summed E-state index contributed by atoms with van der Waals surface area (Å²) in [5.74, 6) is -0.0228. The van der Waals surface area contributed by atoms with Crippen LogP contribution in [0.25, 0.3) is 10.2 Å². The largest absolute Gasteiger partial charge is 0.375 e. The van der Waals surface area contributed by atoms with Crippen LogP contribution in [0.1, 0.15) is 43.0 Å². The zero-order chi connectivity index (χ0) is 13.7. The predicted octanol–water partition coefficient (Wildman–Crippen LogP) is 3.19. The molecule has 19 heavy (non-hydrogen) atoms. The van der Waals surface area contributed by atoms with Gasteiger partial charge in [-0.2, -0.15) is 0 Å². The Hall–Kier alpha value is -1.62. The summed E-state index contributed by atoms with van der Waals surface area (Å²) in [5.41, 5.74) is 7.17. The maximum Gasteiger partial charge on any atom is 0.251 e. The van der Waals surface area contributed by atoms with Crippen molar-refractivity contribution in [3.8, 4) is 0 Å². The van der Waals surface area contributed by atoms with Crippen molar-refractivity contribution in [2.75, 3.05) is 12.3 Å². The molecule has 5 heteroatoms. The number of aromatic nitrogens is 1. The Labute approximate surface area is 117 Å². The molecule has 1 amide bonds. The highest BCUT2D eigenvalue weighted by molar-refractivity contribution is 7.22. The van der Waals surface area contributed by atoms with Crippen LogP contribution < -0.4 is 11.1 Å². The second-order valence-corrected chi connectivity index (χ2v) is 5.61. The summed E-state index contributed by atoms with van der Waals surface area (Å²) in [6.07, 6.45) is 4.63. The van der Waals surface area contributed by atoms with Gasteiger partial charge in [-0.3, -0.25) is 4.79 Å². The van der Waals surface area contributed by atoms with Crippen LogP contribution >= 0.6 is 11.3 Å². The number of benzene rings is 1. The fourth-order valence-electron chi connectivity index (χ4n) is 1.94. The first-order chi connectivity index (χ1) is 9.20. The molecule has 0 fully saturated rings. The number of anilines is 1. The molecule has 2 aromatic rings. The molecule has 0 radical (unpaired) electrons. The molecule has 1 aromatic carbocycles. The van der Waals surface area contributed by atoms with Crippen LogP contribution in [0.15, 0.2) is 18.2 Å². The van der Waals surface area contributed by atoms with Gasteiger partial charge in [0.25, 0.3) is 5.91 Å². The molecule has 0 saturated heterocycles. The van der Waals surface area contributed by atoms with Crippen LogP contribution in [0.3, 0.4) is 0 Å². The maximum atomic E-state index is 12.0. The van der Waals surface area contributed by atoms with E-state index in [1.807, 2.05) is 12.1 Å². The minimum atomic E-state index is -0.0228. The van der Waals surface area contributed by atoms with E-state index in [2.05, 4.69) is 17.2 Å². The van der Waals surface area contributed by atoms with Crippen LogP contribution in [0.2, 0.25) is 0 Å². The van der Waals surface area contributed by atoms with Crippen molar-refractivity contribution >= 4 is 32.6 Å². The van der Waals surface area contributed by atoms with Gasteiger partial charge in [0.15, 0.2) is 5.13 Å². The van der Waals surface area contributed by atoms with Gasteiger partial charge in [-0.1, -0.05) is 37.5 Å². The molecule has 102 valence electrons. The topological polar surface area (TPSA) is 68.0 Å². The lowest BCUT2D eigenvalue weighted by Crippen LogP contribution is -2.24. The number of rotatable bonds is 6. The van der Waals surface area contributed by atoms with E-state index in [0.29, 0.717) is 10.7 Å². The Morgan fingerprint density at radius 2 is 2.21 bits per heavy atom. The predicted molar refractivity (Wildman–Crippen MR) is 80.5 cm³/mol. The molecule has 0 saturated carbocycles. The van der Waals surface area contributed by atoms with Gasteiger partial charge in [0.05, 0.1) is 10.2 Å². The second kappa shape index (κ2) is 6.52. The second-order valence-electron chi connectivity index (χ2n) is 4.55. The molecule has 0 unspecified atom stereocenters. The van der Waals surface area contributed by atoms with Crippen molar-refractivity contribution < 1.29 is 4.79 Å². The van der Waals surface area contributed by atoms with Crippen molar-refractivity contribution in [3.63, 3.8) is 0 Å². The van der Waals surface area contributed by atoms with Crippen molar-refractivity contribution in [2.24, 2.45) is 0 Å². The summed E-state index contributed by atoms with van der Waals surface area (Å²) < 4.78 is 0.955. The molecule has 0 aliphatic heterocycles. The molecule has 1 aromatic heterocycles. The van der Waals surface area contributed by atoms with Crippen LogP contribution in [0, 0.1) is 0 Å². The normalized spacial score (nSPS) is 10.8. The van der Waals surface area contributed by atoms with Crippen molar-refractivity contribution in [1.29, 1.82) is 0 Å². The van der Waals surface area contributed by atoms with E-state index < -0.39 is 0 Å². The van der Waals surface area contributed by atoms with Gasteiger partial charge in [-0.05, 0) is 24.6 Å². The van der Waals surface area contributed by atoms with Crippen molar-refractivity contribution in [1.82, 2.24) is 10.3 Å². The molecule has 2 rings (SSSR count). The first-order valence-corrected chi connectivity index (χ1v) is 7.46. The smallest absolute Gasteiger partial charge is 0.251 e. The monoisotopic (exact) mass is 277 g/mol. The van der Waals surface area contributed by atoms with E-state index in [4.69, 9.17) is 5.73 Å². The Morgan fingerprint density at radius 3 is 3.00 bits per heavy atom. The molecule has 0 aliphatic rings. The number of nitrogens with one attached hydrogen (secondary N) is 1. The first kappa shape index (κ1) is 13.8. The zero-order valence-corrected chi connectivity index (χ0v) is 11.9. The lowest BCUT2D eigenvalue weighted by atomic mass is 10.2. The molecule has 0 atom stereocenters. The van der Waals surface area contributed by atoms with Gasteiger partial charge in [-0.25, -0.2) is 4.98 Å². The summed E-state index contributed by atoms with van der Waals surface area (Å²) in [5, 5.41) is 3.48. The number of carbonyl (C=O) groups excluding carboxylic acids is 1. The third kappa shape index (κ3) is 3.67. The number of nitrogens with zero attached hydrogens (tertiary/aromatic N) is 1. The quantitative estimate of drug-likeness (QED) is 0.797. The SMILES string of the molecule is CCCCCCNC(=O)c1ccc2nc(N)sc2c1. The first-order valence-electron chi connectivity index (χ1n) is 6.65. The lowest BCUT2D eigenvalue weighted by Gasteiger charge is -2.04. The maximum absolute atomic E-state index is 12.0. The van der Waals surface area contributed by atoms with Gasteiger partial charge in [0, 0.05) is 12.1 Å². The molecular formula is C14H19N3OS. The molecule has 0 aliphatic carbocycles. The Kier molecular flexibility index (Phi) is 4.74. The van der Waals surface area contributed by atoms with E-state index in [1.165, 1.54) is 30.6 Å². The van der Waals surface area contributed by atoms with Gasteiger partial charge in [0.2, 0.25) is 0 Å². The number of nitrogens with two attached hydrogens (primary N) is 1. The lowest BCUT2D eigenvalue weighted by molar-refractivity contribution is 0.0953. The van der Waals surface area contributed by atoms with Gasteiger partial charge in [0.1, 0.15) is 0 Å². The number of thiazole rings is 1. The number of carbonyl (C=O) groups is 1. The van der Waals surface area contributed by atoms with E-state index in [1.54, 1.807) is 6.07 Å². The van der Waals surface area contributed by atoms with Gasteiger partial charge < -0.3 is 11.1 Å². The van der Waals surface area contributed by atoms with Crippen LogP contribution in [0.4, 0.5) is 5.13 Å². The number of hydrogen-bond acceptors (Lipinski definition) is 4. The number of unbranched alkanes of at least 4 members (excludes halogenated alkanes) is 3. The highest BCUT2D eigenvalue weighted by Gasteiger charge is 2.08. The molecule has 4 nitrogen and oxygen atoms in total. The zero-order valence-electron chi connectivity index (χ0n) is 11.1. The van der Waals surface area contributed by atoms with Gasteiger partial charge >= 0.3 is 0 Å². The van der Waals surface area contributed by atoms with E-state index in [-0.39, 0.29) is 5.91 Å². The molecular weight excluding hydrogens is 258 g/mol. The third-order valence-electron chi connectivity index (χ3n) is 2.98. The summed E-state index contributed by atoms with van der Waals surface area (Å²) in [4.78, 5) is 16.1. The fourth-order valence-corrected chi connectivity index (χ4v) is 2.71. The van der Waals surface area contributed by atoms with Crippen LogP contribution in [-0.2, 0) is 0 Å². The Bertz CT molecular complexity index is 565. The van der Waals surface area contributed by atoms with E-state index in [0.717, 1.165) is 23.2 Å². The number of hydrogen-bond donors (Lipinski definition) is 2. The van der Waals surface area contributed by atoms with Crippen molar-refractivity contribution in [2.45, 2.75) is 32.6 Å². The summed E-state index contributed by atoms with van der Waals surface area (Å²) in [7, 11) is 0. The van der Waals surface area contributed by atoms with Crippen LogP contribution in [-0.4, -0.2) is 17.4 Å². The van der Waals surface area contributed by atoms with Gasteiger partial charge in [-0.15, -0.1) is 0 Å². The highest BCUT2D eigenvalue weighted by Crippen LogP contribution is 2.24. The number of amides is 1. The van der Waals surface area contributed by atoms with Crippen molar-refractivity contribution in [3.05, 3.63) is 23.8 Å². The highest BCUT2D eigenvalue weighted by atomic mass is 32.1. The fraction of sp³-hybridized carbons (Fsp3) is 0.429. The molecule has 0 bridgehead atoms. The summed E-state index contributed by atoms with van der Waals surface area (Å²) in [6.45, 7) is 2.91. The summed E-state index contributed by atoms with van der Waals surface area (Å²) >= 11 is 1.41. The van der Waals surface area contributed by atoms with E-state index in [9.17, 15) is 4.79 Å².